The Hall–Kier alpha value is -2.68. The Labute approximate surface area is 175 Å². The molecular formula is C22H25N5O2S. The molecule has 2 N–H and O–H groups in total. The fourth-order valence-corrected chi connectivity index (χ4v) is 5.22. The summed E-state index contributed by atoms with van der Waals surface area (Å²) >= 11 is 0. The van der Waals surface area contributed by atoms with Crippen LogP contribution in [0.3, 0.4) is 0 Å². The minimum atomic E-state index is -3.63. The van der Waals surface area contributed by atoms with Crippen molar-refractivity contribution in [1.82, 2.24) is 24.4 Å². The number of para-hydroxylation sites is 1. The van der Waals surface area contributed by atoms with E-state index in [2.05, 4.69) is 33.7 Å². The van der Waals surface area contributed by atoms with Gasteiger partial charge < -0.3 is 4.98 Å². The van der Waals surface area contributed by atoms with Gasteiger partial charge in [0.25, 0.3) is 0 Å². The fourth-order valence-electron chi connectivity index (χ4n) is 4.16. The normalized spacial score (nSPS) is 16.2. The number of hydrogen-bond donors (Lipinski definition) is 2. The number of nitrogens with zero attached hydrogens (tertiary/aromatic N) is 3. The van der Waals surface area contributed by atoms with Gasteiger partial charge in [0.15, 0.2) is 0 Å². The van der Waals surface area contributed by atoms with Crippen molar-refractivity contribution in [2.45, 2.75) is 30.8 Å². The first-order valence-corrected chi connectivity index (χ1v) is 11.8. The number of likely N-dealkylation sites (tertiary alicyclic amines) is 1. The van der Waals surface area contributed by atoms with E-state index in [4.69, 9.17) is 5.10 Å². The molecular weight excluding hydrogens is 398 g/mol. The lowest BCUT2D eigenvalue weighted by molar-refractivity contribution is 0.117. The van der Waals surface area contributed by atoms with Gasteiger partial charge in [0.1, 0.15) is 0 Å². The molecule has 0 bridgehead atoms. The van der Waals surface area contributed by atoms with Crippen LogP contribution in [0.1, 0.15) is 25.1 Å². The molecule has 1 fully saturated rings. The molecule has 1 aliphatic heterocycles. The SMILES string of the molecule is CCn1nc([C@@H](CNS(=O)(=O)c2ccc3cc[nH]c3c2)N2CCC2)c2ccccc21. The van der Waals surface area contributed by atoms with Crippen LogP contribution in [0.25, 0.3) is 21.8 Å². The van der Waals surface area contributed by atoms with Gasteiger partial charge in [0.2, 0.25) is 10.0 Å². The van der Waals surface area contributed by atoms with Crippen LogP contribution in [0.5, 0.6) is 0 Å². The van der Waals surface area contributed by atoms with Crippen molar-refractivity contribution in [2.75, 3.05) is 19.6 Å². The van der Waals surface area contributed by atoms with Gasteiger partial charge in [-0.2, -0.15) is 5.10 Å². The first kappa shape index (κ1) is 19.3. The molecule has 0 spiro atoms. The molecule has 0 unspecified atom stereocenters. The molecule has 1 aliphatic rings. The van der Waals surface area contributed by atoms with Gasteiger partial charge in [-0.1, -0.05) is 24.3 Å². The van der Waals surface area contributed by atoms with E-state index >= 15 is 0 Å². The van der Waals surface area contributed by atoms with Crippen molar-refractivity contribution in [1.29, 1.82) is 0 Å². The first-order chi connectivity index (χ1) is 14.6. The van der Waals surface area contributed by atoms with Crippen molar-refractivity contribution in [3.8, 4) is 0 Å². The number of fused-ring (bicyclic) bond motifs is 2. The van der Waals surface area contributed by atoms with Crippen LogP contribution >= 0.6 is 0 Å². The van der Waals surface area contributed by atoms with Gasteiger partial charge in [0, 0.05) is 43.3 Å². The predicted molar refractivity (Wildman–Crippen MR) is 118 cm³/mol. The van der Waals surface area contributed by atoms with Gasteiger partial charge in [0.05, 0.1) is 22.1 Å². The van der Waals surface area contributed by atoms with Crippen molar-refractivity contribution in [3.05, 3.63) is 60.4 Å². The molecule has 7 nitrogen and oxygen atoms in total. The van der Waals surface area contributed by atoms with Crippen molar-refractivity contribution < 1.29 is 8.42 Å². The summed E-state index contributed by atoms with van der Waals surface area (Å²) in [6, 6.07) is 15.1. The Morgan fingerprint density at radius 3 is 2.77 bits per heavy atom. The Bertz CT molecular complexity index is 1300. The zero-order valence-corrected chi connectivity index (χ0v) is 17.7. The van der Waals surface area contributed by atoms with Gasteiger partial charge in [-0.15, -0.1) is 0 Å². The van der Waals surface area contributed by atoms with E-state index in [-0.39, 0.29) is 17.5 Å². The van der Waals surface area contributed by atoms with E-state index in [1.807, 2.05) is 35.1 Å². The Kier molecular flexibility index (Phi) is 4.85. The number of sulfonamides is 1. The molecule has 0 amide bonds. The number of H-pyrrole nitrogens is 1. The van der Waals surface area contributed by atoms with Crippen LogP contribution in [-0.2, 0) is 16.6 Å². The van der Waals surface area contributed by atoms with Crippen LogP contribution in [0, 0.1) is 0 Å². The molecule has 1 atom stereocenters. The minimum Gasteiger partial charge on any atom is -0.361 e. The number of aryl methyl sites for hydroxylation is 1. The lowest BCUT2D eigenvalue weighted by Crippen LogP contribution is -2.45. The monoisotopic (exact) mass is 423 g/mol. The highest BCUT2D eigenvalue weighted by Gasteiger charge is 2.30. The average Bonchev–Trinajstić information content (AvgIpc) is 3.33. The van der Waals surface area contributed by atoms with Crippen molar-refractivity contribution in [3.63, 3.8) is 0 Å². The molecule has 30 heavy (non-hydrogen) atoms. The fraction of sp³-hybridized carbons (Fsp3) is 0.318. The molecule has 0 radical (unpaired) electrons. The third-order valence-electron chi connectivity index (χ3n) is 5.94. The van der Waals surface area contributed by atoms with E-state index < -0.39 is 10.0 Å². The number of nitrogens with one attached hydrogen (secondary N) is 2. The Morgan fingerprint density at radius 1 is 1.17 bits per heavy atom. The van der Waals surface area contributed by atoms with Crippen molar-refractivity contribution in [2.24, 2.45) is 0 Å². The van der Waals surface area contributed by atoms with Gasteiger partial charge >= 0.3 is 0 Å². The predicted octanol–water partition coefficient (Wildman–Crippen LogP) is 3.26. The standard InChI is InChI=1S/C22H25N5O2S/c1-2-27-20-7-4-3-6-18(20)22(25-27)21(26-12-5-13-26)15-24-30(28,29)17-9-8-16-10-11-23-19(16)14-17/h3-4,6-11,14,21,23-24H,2,5,12-13,15H2,1H3/t21-/m1/s1. The van der Waals surface area contributed by atoms with Crippen LogP contribution < -0.4 is 4.72 Å². The Morgan fingerprint density at radius 2 is 2.00 bits per heavy atom. The lowest BCUT2D eigenvalue weighted by Gasteiger charge is -2.37. The summed E-state index contributed by atoms with van der Waals surface area (Å²) in [5.74, 6) is 0. The maximum Gasteiger partial charge on any atom is 0.240 e. The minimum absolute atomic E-state index is 0.0968. The van der Waals surface area contributed by atoms with Gasteiger partial charge in [-0.3, -0.25) is 9.58 Å². The molecule has 8 heteroatoms. The number of aromatic amines is 1. The molecule has 4 aromatic rings. The Balaban J connectivity index is 1.46. The van der Waals surface area contributed by atoms with Gasteiger partial charge in [-0.05, 0) is 43.0 Å². The summed E-state index contributed by atoms with van der Waals surface area (Å²) in [5.41, 5.74) is 2.83. The second-order valence-corrected chi connectivity index (χ2v) is 9.47. The highest BCUT2D eigenvalue weighted by Crippen LogP contribution is 2.31. The summed E-state index contributed by atoms with van der Waals surface area (Å²) in [7, 11) is -3.63. The van der Waals surface area contributed by atoms with Crippen LogP contribution in [-0.4, -0.2) is 47.7 Å². The molecule has 0 saturated carbocycles. The molecule has 156 valence electrons. The molecule has 1 saturated heterocycles. The smallest absolute Gasteiger partial charge is 0.240 e. The third-order valence-corrected chi connectivity index (χ3v) is 7.36. The maximum absolute atomic E-state index is 13.0. The number of benzene rings is 2. The topological polar surface area (TPSA) is 83.0 Å². The second-order valence-electron chi connectivity index (χ2n) is 7.70. The van der Waals surface area contributed by atoms with E-state index in [0.29, 0.717) is 0 Å². The summed E-state index contributed by atoms with van der Waals surface area (Å²) < 4.78 is 30.9. The zero-order valence-electron chi connectivity index (χ0n) is 16.9. The molecule has 3 heterocycles. The second kappa shape index (κ2) is 7.54. The number of aromatic nitrogens is 3. The highest BCUT2D eigenvalue weighted by molar-refractivity contribution is 7.89. The maximum atomic E-state index is 13.0. The molecule has 0 aliphatic carbocycles. The van der Waals surface area contributed by atoms with E-state index in [1.54, 1.807) is 12.1 Å². The third kappa shape index (κ3) is 3.30. The number of hydrogen-bond acceptors (Lipinski definition) is 4. The molecule has 2 aromatic heterocycles. The van der Waals surface area contributed by atoms with E-state index in [0.717, 1.165) is 53.6 Å². The first-order valence-electron chi connectivity index (χ1n) is 10.3. The van der Waals surface area contributed by atoms with E-state index in [1.165, 1.54) is 0 Å². The summed E-state index contributed by atoms with van der Waals surface area (Å²) in [6.45, 7) is 5.04. The zero-order chi connectivity index (χ0) is 20.7. The largest absolute Gasteiger partial charge is 0.361 e. The average molecular weight is 424 g/mol. The summed E-state index contributed by atoms with van der Waals surface area (Å²) in [6.07, 6.45) is 2.93. The summed E-state index contributed by atoms with van der Waals surface area (Å²) in [4.78, 5) is 5.64. The summed E-state index contributed by atoms with van der Waals surface area (Å²) in [5, 5.41) is 6.93. The van der Waals surface area contributed by atoms with Crippen LogP contribution in [0.15, 0.2) is 59.6 Å². The van der Waals surface area contributed by atoms with Gasteiger partial charge in [-0.25, -0.2) is 13.1 Å². The molecule has 5 rings (SSSR count). The quantitative estimate of drug-likeness (QED) is 0.478. The van der Waals surface area contributed by atoms with Crippen LogP contribution in [0.4, 0.5) is 0 Å². The lowest BCUT2D eigenvalue weighted by atomic mass is 10.0. The van der Waals surface area contributed by atoms with Crippen molar-refractivity contribution >= 4 is 31.8 Å². The number of rotatable bonds is 7. The van der Waals surface area contributed by atoms with Crippen LogP contribution in [0.2, 0.25) is 0 Å². The highest BCUT2D eigenvalue weighted by atomic mass is 32.2. The molecule has 2 aromatic carbocycles. The van der Waals surface area contributed by atoms with E-state index in [9.17, 15) is 8.42 Å².